The van der Waals surface area contributed by atoms with Gasteiger partial charge in [0.2, 0.25) is 5.82 Å². The maximum atomic E-state index is 14.8. The van der Waals surface area contributed by atoms with Crippen LogP contribution >= 0.6 is 0 Å². The first-order valence-corrected chi connectivity index (χ1v) is 12.8. The molecule has 3 aromatic rings. The number of allylic oxidation sites excluding steroid dienone is 1. The molecule has 0 saturated carbocycles. The van der Waals surface area contributed by atoms with Gasteiger partial charge in [0.25, 0.3) is 0 Å². The van der Waals surface area contributed by atoms with Gasteiger partial charge in [0.15, 0.2) is 23.1 Å². The van der Waals surface area contributed by atoms with Crippen LogP contribution in [0.25, 0.3) is 11.1 Å². The number of carbonyl (C=O) groups excluding carboxylic acids is 3. The van der Waals surface area contributed by atoms with Crippen LogP contribution in [0.1, 0.15) is 20.8 Å². The SMILES string of the molecule is C=C(C)C(=O)Oc1ccc(-c2ccc(OCCOc3ccc(OC)c(OC(=O)C(=C)C)c3)c(F)c2F)cc1.C=C(C)C=O. The minimum atomic E-state index is -1.15. The van der Waals surface area contributed by atoms with E-state index in [1.54, 1.807) is 19.1 Å². The molecule has 0 N–H and O–H groups in total. The third kappa shape index (κ3) is 10.3. The van der Waals surface area contributed by atoms with E-state index in [2.05, 4.69) is 19.7 Å². The Morgan fingerprint density at radius 2 is 1.26 bits per heavy atom. The number of aldehydes is 1. The summed E-state index contributed by atoms with van der Waals surface area (Å²) in [5.41, 5.74) is 1.42. The molecule has 3 rings (SSSR count). The van der Waals surface area contributed by atoms with Crippen LogP contribution in [0, 0.1) is 11.6 Å². The van der Waals surface area contributed by atoms with E-state index in [4.69, 9.17) is 23.7 Å². The van der Waals surface area contributed by atoms with Gasteiger partial charge in [-0.15, -0.1) is 0 Å². The van der Waals surface area contributed by atoms with E-state index < -0.39 is 23.6 Å². The summed E-state index contributed by atoms with van der Waals surface area (Å²) in [4.78, 5) is 32.9. The Morgan fingerprint density at radius 3 is 1.81 bits per heavy atom. The van der Waals surface area contributed by atoms with Crippen molar-refractivity contribution in [3.05, 3.63) is 103 Å². The van der Waals surface area contributed by atoms with E-state index >= 15 is 0 Å². The topological polar surface area (TPSA) is 97.4 Å². The molecule has 0 heterocycles. The molecule has 0 radical (unpaired) electrons. The summed E-state index contributed by atoms with van der Waals surface area (Å²) >= 11 is 0. The number of hydrogen-bond donors (Lipinski definition) is 0. The molecule has 0 unspecified atom stereocenters. The van der Waals surface area contributed by atoms with Crippen LogP contribution in [0.4, 0.5) is 8.78 Å². The standard InChI is InChI=1S/C29H26F2O7.C4H6O/c1-17(2)28(32)37-20-8-6-19(7-9-20)22-11-13-24(27(31)26(22)30)36-15-14-35-21-10-12-23(34-5)25(16-21)38-29(33)18(3)4;1-4(2)3-5/h6-13,16H,1,3,14-15H2,2,4-5H3;3H,1H2,2H3. The molecule has 3 aromatic carbocycles. The van der Waals surface area contributed by atoms with Crippen molar-refractivity contribution in [1.82, 2.24) is 0 Å². The maximum absolute atomic E-state index is 14.8. The Labute approximate surface area is 248 Å². The van der Waals surface area contributed by atoms with Gasteiger partial charge in [0, 0.05) is 22.8 Å². The van der Waals surface area contributed by atoms with Crippen molar-refractivity contribution in [1.29, 1.82) is 0 Å². The molecular formula is C33H32F2O8. The van der Waals surface area contributed by atoms with Crippen LogP contribution in [0.3, 0.4) is 0 Å². The molecule has 0 aliphatic rings. The minimum Gasteiger partial charge on any atom is -0.493 e. The zero-order valence-electron chi connectivity index (χ0n) is 24.3. The van der Waals surface area contributed by atoms with E-state index in [9.17, 15) is 23.2 Å². The number of rotatable bonds is 12. The van der Waals surface area contributed by atoms with Crippen molar-refractivity contribution in [3.8, 4) is 39.9 Å². The second-order valence-corrected chi connectivity index (χ2v) is 9.08. The molecule has 226 valence electrons. The van der Waals surface area contributed by atoms with E-state index in [0.717, 1.165) is 6.29 Å². The lowest BCUT2D eigenvalue weighted by Gasteiger charge is -2.13. The summed E-state index contributed by atoms with van der Waals surface area (Å²) in [6, 6.07) is 13.3. The molecule has 0 amide bonds. The van der Waals surface area contributed by atoms with E-state index in [1.165, 1.54) is 63.4 Å². The van der Waals surface area contributed by atoms with E-state index in [0.29, 0.717) is 22.6 Å². The summed E-state index contributed by atoms with van der Waals surface area (Å²) < 4.78 is 55.9. The number of ether oxygens (including phenoxy) is 5. The lowest BCUT2D eigenvalue weighted by molar-refractivity contribution is -0.131. The average Bonchev–Trinajstić information content (AvgIpc) is 2.98. The third-order valence-corrected chi connectivity index (χ3v) is 5.27. The lowest BCUT2D eigenvalue weighted by Crippen LogP contribution is -2.11. The summed E-state index contributed by atoms with van der Waals surface area (Å²) in [5, 5.41) is 0. The van der Waals surface area contributed by atoms with E-state index in [1.807, 2.05) is 0 Å². The predicted molar refractivity (Wildman–Crippen MR) is 158 cm³/mol. The number of carbonyl (C=O) groups is 3. The Kier molecular flexibility index (Phi) is 12.8. The third-order valence-electron chi connectivity index (χ3n) is 5.27. The molecule has 0 aliphatic heterocycles. The van der Waals surface area contributed by atoms with Gasteiger partial charge in [-0.25, -0.2) is 14.0 Å². The molecule has 10 heteroatoms. The summed E-state index contributed by atoms with van der Waals surface area (Å²) in [6.45, 7) is 14.9. The Bertz CT molecular complexity index is 1510. The second-order valence-electron chi connectivity index (χ2n) is 9.08. The van der Waals surface area contributed by atoms with Gasteiger partial charge in [-0.05, 0) is 68.3 Å². The molecule has 0 aliphatic carbocycles. The fourth-order valence-corrected chi connectivity index (χ4v) is 3.09. The minimum absolute atomic E-state index is 0.00657. The van der Waals surface area contributed by atoms with Gasteiger partial charge in [-0.3, -0.25) is 4.79 Å². The summed E-state index contributed by atoms with van der Waals surface area (Å²) in [7, 11) is 1.43. The number of benzene rings is 3. The van der Waals surface area contributed by atoms with Crippen LogP contribution in [0.5, 0.6) is 28.7 Å². The van der Waals surface area contributed by atoms with Crippen LogP contribution in [0.2, 0.25) is 0 Å². The number of halogens is 2. The number of esters is 2. The fourth-order valence-electron chi connectivity index (χ4n) is 3.09. The second kappa shape index (κ2) is 16.3. The highest BCUT2D eigenvalue weighted by Crippen LogP contribution is 2.33. The van der Waals surface area contributed by atoms with Crippen LogP contribution < -0.4 is 23.7 Å². The number of methoxy groups -OCH3 is 1. The predicted octanol–water partition coefficient (Wildman–Crippen LogP) is 6.82. The maximum Gasteiger partial charge on any atom is 0.338 e. The van der Waals surface area contributed by atoms with Gasteiger partial charge < -0.3 is 23.7 Å². The van der Waals surface area contributed by atoms with Crippen molar-refractivity contribution >= 4 is 18.2 Å². The normalized spacial score (nSPS) is 9.91. The molecule has 0 bridgehead atoms. The Morgan fingerprint density at radius 1 is 0.721 bits per heavy atom. The van der Waals surface area contributed by atoms with Gasteiger partial charge in [0.05, 0.1) is 7.11 Å². The highest BCUT2D eigenvalue weighted by molar-refractivity contribution is 5.89. The monoisotopic (exact) mass is 594 g/mol. The van der Waals surface area contributed by atoms with E-state index in [-0.39, 0.29) is 47.2 Å². The van der Waals surface area contributed by atoms with Gasteiger partial charge in [0.1, 0.15) is 31.0 Å². The highest BCUT2D eigenvalue weighted by atomic mass is 19.2. The molecule has 0 fully saturated rings. The van der Waals surface area contributed by atoms with Gasteiger partial charge in [-0.1, -0.05) is 31.9 Å². The Hall–Kier alpha value is -5.25. The van der Waals surface area contributed by atoms with Crippen molar-refractivity contribution in [2.24, 2.45) is 0 Å². The summed E-state index contributed by atoms with van der Waals surface area (Å²) in [5.74, 6) is -2.67. The first-order valence-electron chi connectivity index (χ1n) is 12.8. The van der Waals surface area contributed by atoms with Crippen molar-refractivity contribution in [3.63, 3.8) is 0 Å². The lowest BCUT2D eigenvalue weighted by atomic mass is 10.0. The highest BCUT2D eigenvalue weighted by Gasteiger charge is 2.17. The van der Waals surface area contributed by atoms with Crippen LogP contribution in [-0.4, -0.2) is 38.5 Å². The van der Waals surface area contributed by atoms with Crippen molar-refractivity contribution in [2.75, 3.05) is 20.3 Å². The first-order chi connectivity index (χ1) is 20.4. The van der Waals surface area contributed by atoms with Crippen molar-refractivity contribution in [2.45, 2.75) is 20.8 Å². The first kappa shape index (κ1) is 34.0. The van der Waals surface area contributed by atoms with Crippen LogP contribution in [0.15, 0.2) is 91.1 Å². The molecule has 0 saturated heterocycles. The molecule has 0 spiro atoms. The largest absolute Gasteiger partial charge is 0.493 e. The molecule has 8 nitrogen and oxygen atoms in total. The molecule has 0 atom stereocenters. The quantitative estimate of drug-likeness (QED) is 0.0741. The number of hydrogen-bond acceptors (Lipinski definition) is 8. The smallest absolute Gasteiger partial charge is 0.338 e. The fraction of sp³-hybridized carbons (Fsp3) is 0.182. The molecular weight excluding hydrogens is 562 g/mol. The average molecular weight is 595 g/mol. The van der Waals surface area contributed by atoms with Crippen LogP contribution in [-0.2, 0) is 14.4 Å². The zero-order chi connectivity index (χ0) is 32.1. The van der Waals surface area contributed by atoms with Crippen molar-refractivity contribution < 1.29 is 46.8 Å². The molecule has 43 heavy (non-hydrogen) atoms. The zero-order valence-corrected chi connectivity index (χ0v) is 24.3. The molecule has 0 aromatic heterocycles. The van der Waals surface area contributed by atoms with Gasteiger partial charge >= 0.3 is 11.9 Å². The Balaban J connectivity index is 0.00000119. The van der Waals surface area contributed by atoms with Gasteiger partial charge in [-0.2, -0.15) is 4.39 Å². The summed E-state index contributed by atoms with van der Waals surface area (Å²) in [6.07, 6.45) is 0.722.